The van der Waals surface area contributed by atoms with E-state index in [1.54, 1.807) is 0 Å². The van der Waals surface area contributed by atoms with Crippen LogP contribution in [0.1, 0.15) is 36.9 Å². The molecule has 19 heavy (non-hydrogen) atoms. The molecular weight excluding hydrogens is 238 g/mol. The van der Waals surface area contributed by atoms with Gasteiger partial charge < -0.3 is 4.98 Å². The molecule has 0 bridgehead atoms. The number of fused-ring (bicyclic) bond motifs is 1. The molecule has 1 heterocycles. The van der Waals surface area contributed by atoms with E-state index in [0.29, 0.717) is 0 Å². The molecule has 0 aliphatic heterocycles. The lowest BCUT2D eigenvalue weighted by Gasteiger charge is -2.27. The molecule has 0 atom stereocenters. The van der Waals surface area contributed by atoms with E-state index in [9.17, 15) is 4.79 Å². The van der Waals surface area contributed by atoms with Crippen LogP contribution in [0.5, 0.6) is 0 Å². The lowest BCUT2D eigenvalue weighted by Crippen LogP contribution is -2.46. The van der Waals surface area contributed by atoms with E-state index < -0.39 is 5.41 Å². The van der Waals surface area contributed by atoms with Crippen molar-refractivity contribution in [1.29, 1.82) is 0 Å². The van der Waals surface area contributed by atoms with Gasteiger partial charge in [0.15, 0.2) is 0 Å². The van der Waals surface area contributed by atoms with Crippen LogP contribution in [0.15, 0.2) is 24.3 Å². The molecule has 0 unspecified atom stereocenters. The summed E-state index contributed by atoms with van der Waals surface area (Å²) in [6.07, 6.45) is 3.90. The van der Waals surface area contributed by atoms with Gasteiger partial charge in [-0.25, -0.2) is 5.84 Å². The lowest BCUT2D eigenvalue weighted by molar-refractivity contribution is -0.126. The predicted octanol–water partition coefficient (Wildman–Crippen LogP) is 2.28. The Bertz CT molecular complexity index is 623. The van der Waals surface area contributed by atoms with Gasteiger partial charge in [-0.3, -0.25) is 10.2 Å². The zero-order valence-electron chi connectivity index (χ0n) is 11.1. The number of benzene rings is 1. The highest BCUT2D eigenvalue weighted by molar-refractivity contribution is 5.96. The van der Waals surface area contributed by atoms with Gasteiger partial charge in [-0.15, -0.1) is 0 Å². The SMILES string of the molecule is Cc1[nH]c2ccccc2c1C1(C(=O)NN)CCCC1. The molecule has 0 radical (unpaired) electrons. The zero-order chi connectivity index (χ0) is 13.5. The Morgan fingerprint density at radius 3 is 2.68 bits per heavy atom. The Hall–Kier alpha value is -1.81. The van der Waals surface area contributed by atoms with E-state index in [4.69, 9.17) is 5.84 Å². The summed E-state index contributed by atoms with van der Waals surface area (Å²) < 4.78 is 0. The second kappa shape index (κ2) is 4.38. The summed E-state index contributed by atoms with van der Waals surface area (Å²) >= 11 is 0. The second-order valence-electron chi connectivity index (χ2n) is 5.43. The van der Waals surface area contributed by atoms with E-state index in [0.717, 1.165) is 47.8 Å². The van der Waals surface area contributed by atoms with Gasteiger partial charge in [-0.05, 0) is 31.4 Å². The van der Waals surface area contributed by atoms with E-state index >= 15 is 0 Å². The maximum absolute atomic E-state index is 12.4. The van der Waals surface area contributed by atoms with E-state index in [-0.39, 0.29) is 5.91 Å². The average molecular weight is 257 g/mol. The number of hydrazine groups is 1. The molecule has 1 amide bonds. The Morgan fingerprint density at radius 2 is 2.00 bits per heavy atom. The van der Waals surface area contributed by atoms with Crippen molar-refractivity contribution in [2.24, 2.45) is 5.84 Å². The van der Waals surface area contributed by atoms with Gasteiger partial charge in [0.25, 0.3) is 0 Å². The fraction of sp³-hybridized carbons (Fsp3) is 0.400. The molecule has 4 heteroatoms. The summed E-state index contributed by atoms with van der Waals surface area (Å²) in [5.74, 6) is 5.37. The minimum absolute atomic E-state index is 0.0575. The molecule has 1 aromatic carbocycles. The van der Waals surface area contributed by atoms with Crippen LogP contribution < -0.4 is 11.3 Å². The summed E-state index contributed by atoms with van der Waals surface area (Å²) in [5.41, 5.74) is 5.21. The van der Waals surface area contributed by atoms with E-state index in [1.165, 1.54) is 0 Å². The highest BCUT2D eigenvalue weighted by Crippen LogP contribution is 2.45. The number of carbonyl (C=O) groups is 1. The van der Waals surface area contributed by atoms with Crippen molar-refractivity contribution in [3.8, 4) is 0 Å². The molecular formula is C15H19N3O. The number of para-hydroxylation sites is 1. The molecule has 1 aromatic heterocycles. The molecule has 1 aliphatic rings. The van der Waals surface area contributed by atoms with Crippen LogP contribution in [0.25, 0.3) is 10.9 Å². The molecule has 4 N–H and O–H groups in total. The Balaban J connectivity index is 2.26. The molecule has 4 nitrogen and oxygen atoms in total. The number of aryl methyl sites for hydroxylation is 1. The number of aromatic amines is 1. The summed E-state index contributed by atoms with van der Waals surface area (Å²) in [6, 6.07) is 8.15. The summed E-state index contributed by atoms with van der Waals surface area (Å²) in [4.78, 5) is 15.8. The number of H-pyrrole nitrogens is 1. The summed E-state index contributed by atoms with van der Waals surface area (Å²) in [5, 5.41) is 1.14. The van der Waals surface area contributed by atoms with Gasteiger partial charge >= 0.3 is 0 Å². The van der Waals surface area contributed by atoms with Crippen LogP contribution in [-0.2, 0) is 10.2 Å². The van der Waals surface area contributed by atoms with Crippen molar-refractivity contribution in [3.05, 3.63) is 35.5 Å². The number of nitrogens with one attached hydrogen (secondary N) is 2. The minimum Gasteiger partial charge on any atom is -0.358 e. The Labute approximate surface area is 112 Å². The van der Waals surface area contributed by atoms with Crippen LogP contribution >= 0.6 is 0 Å². The van der Waals surface area contributed by atoms with Crippen molar-refractivity contribution in [1.82, 2.24) is 10.4 Å². The lowest BCUT2D eigenvalue weighted by atomic mass is 9.76. The first-order chi connectivity index (χ1) is 9.19. The first-order valence-corrected chi connectivity index (χ1v) is 6.78. The van der Waals surface area contributed by atoms with Crippen molar-refractivity contribution >= 4 is 16.8 Å². The van der Waals surface area contributed by atoms with Crippen LogP contribution in [0.2, 0.25) is 0 Å². The van der Waals surface area contributed by atoms with Gasteiger partial charge in [0, 0.05) is 16.6 Å². The second-order valence-corrected chi connectivity index (χ2v) is 5.43. The van der Waals surface area contributed by atoms with Gasteiger partial charge in [0.05, 0.1) is 5.41 Å². The third-order valence-electron chi connectivity index (χ3n) is 4.39. The molecule has 1 saturated carbocycles. The van der Waals surface area contributed by atoms with Gasteiger partial charge in [0.2, 0.25) is 5.91 Å². The third-order valence-corrected chi connectivity index (χ3v) is 4.39. The van der Waals surface area contributed by atoms with Gasteiger partial charge in [-0.2, -0.15) is 0 Å². The molecule has 1 aliphatic carbocycles. The highest BCUT2D eigenvalue weighted by Gasteiger charge is 2.44. The number of nitrogens with two attached hydrogens (primary N) is 1. The van der Waals surface area contributed by atoms with E-state index in [2.05, 4.69) is 22.5 Å². The zero-order valence-corrected chi connectivity index (χ0v) is 11.1. The molecule has 3 rings (SSSR count). The fourth-order valence-corrected chi connectivity index (χ4v) is 3.60. The standard InChI is InChI=1S/C15H19N3O/c1-10-13(11-6-2-3-7-12(11)17-10)15(14(19)18-16)8-4-5-9-15/h2-3,6-7,17H,4-5,8-9,16H2,1H3,(H,18,19). The topological polar surface area (TPSA) is 70.9 Å². The summed E-state index contributed by atoms with van der Waals surface area (Å²) in [7, 11) is 0. The van der Waals surface area contributed by atoms with Crippen molar-refractivity contribution in [3.63, 3.8) is 0 Å². The Morgan fingerprint density at radius 1 is 1.32 bits per heavy atom. The molecule has 0 spiro atoms. The highest BCUT2D eigenvalue weighted by atomic mass is 16.2. The van der Waals surface area contributed by atoms with Gasteiger partial charge in [0.1, 0.15) is 0 Å². The first kappa shape index (κ1) is 12.2. The smallest absolute Gasteiger partial charge is 0.244 e. The Kier molecular flexibility index (Phi) is 2.82. The van der Waals surface area contributed by atoms with Crippen LogP contribution in [0.3, 0.4) is 0 Å². The average Bonchev–Trinajstić information content (AvgIpc) is 3.01. The monoisotopic (exact) mass is 257 g/mol. The predicted molar refractivity (Wildman–Crippen MR) is 75.5 cm³/mol. The van der Waals surface area contributed by atoms with Crippen LogP contribution in [0, 0.1) is 6.92 Å². The molecule has 100 valence electrons. The third kappa shape index (κ3) is 1.67. The van der Waals surface area contributed by atoms with Gasteiger partial charge in [-0.1, -0.05) is 31.0 Å². The number of aromatic nitrogens is 1. The van der Waals surface area contributed by atoms with Crippen molar-refractivity contribution < 1.29 is 4.79 Å². The largest absolute Gasteiger partial charge is 0.358 e. The number of amides is 1. The van der Waals surface area contributed by atoms with E-state index in [1.807, 2.05) is 19.1 Å². The van der Waals surface area contributed by atoms with Crippen molar-refractivity contribution in [2.45, 2.75) is 38.0 Å². The molecule has 2 aromatic rings. The minimum atomic E-state index is -0.460. The molecule has 0 saturated heterocycles. The number of hydrogen-bond donors (Lipinski definition) is 3. The van der Waals surface area contributed by atoms with Crippen LogP contribution in [0.4, 0.5) is 0 Å². The normalized spacial score (nSPS) is 17.8. The number of carbonyl (C=O) groups excluding carboxylic acids is 1. The maximum Gasteiger partial charge on any atom is 0.244 e. The fourth-order valence-electron chi connectivity index (χ4n) is 3.60. The van der Waals surface area contributed by atoms with Crippen LogP contribution in [-0.4, -0.2) is 10.9 Å². The van der Waals surface area contributed by atoms with Crippen molar-refractivity contribution in [2.75, 3.05) is 0 Å². The number of hydrogen-bond acceptors (Lipinski definition) is 2. The maximum atomic E-state index is 12.4. The summed E-state index contributed by atoms with van der Waals surface area (Å²) in [6.45, 7) is 2.04. The number of rotatable bonds is 2. The molecule has 1 fully saturated rings. The quantitative estimate of drug-likeness (QED) is 0.439. The first-order valence-electron chi connectivity index (χ1n) is 6.78.